The fourth-order valence-electron chi connectivity index (χ4n) is 2.83. The second-order valence-corrected chi connectivity index (χ2v) is 7.54. The Morgan fingerprint density at radius 1 is 1.10 bits per heavy atom. The van der Waals surface area contributed by atoms with Crippen molar-refractivity contribution >= 4 is 23.6 Å². The number of nitrogens with zero attached hydrogens (tertiary/aromatic N) is 2. The highest BCUT2D eigenvalue weighted by atomic mass is 32.2. The molecule has 4 rings (SSSR count). The molecule has 2 aromatic heterocycles. The maximum Gasteiger partial charge on any atom is 0.252 e. The molecule has 8 heteroatoms. The Labute approximate surface area is 176 Å². The van der Waals surface area contributed by atoms with Crippen molar-refractivity contribution in [2.45, 2.75) is 12.1 Å². The van der Waals surface area contributed by atoms with Gasteiger partial charge < -0.3 is 9.51 Å². The van der Waals surface area contributed by atoms with Crippen molar-refractivity contribution in [3.8, 4) is 22.4 Å². The van der Waals surface area contributed by atoms with E-state index in [4.69, 9.17) is 4.52 Å². The number of carbonyl (C=O) groups is 1. The molecule has 2 heterocycles. The van der Waals surface area contributed by atoms with Crippen molar-refractivity contribution in [2.24, 2.45) is 0 Å². The zero-order valence-corrected chi connectivity index (χ0v) is 16.9. The molecule has 1 amide bonds. The monoisotopic (exact) mass is 418 g/mol. The summed E-state index contributed by atoms with van der Waals surface area (Å²) in [5.74, 6) is 0.0386. The largest absolute Gasteiger partial charge is 0.338 e. The molecule has 0 unspecified atom stereocenters. The van der Waals surface area contributed by atoms with E-state index in [1.807, 2.05) is 61.5 Å². The molecule has 0 bridgehead atoms. The van der Waals surface area contributed by atoms with Gasteiger partial charge in [-0.1, -0.05) is 77.1 Å². The van der Waals surface area contributed by atoms with E-state index in [0.29, 0.717) is 16.4 Å². The summed E-state index contributed by atoms with van der Waals surface area (Å²) in [6.07, 6.45) is 1.57. The number of thioether (sulfide) groups is 1. The summed E-state index contributed by atoms with van der Waals surface area (Å²) in [7, 11) is 0. The highest BCUT2D eigenvalue weighted by Gasteiger charge is 2.14. The van der Waals surface area contributed by atoms with Crippen LogP contribution in [0, 0.1) is 6.92 Å². The fourth-order valence-corrected chi connectivity index (χ4v) is 3.50. The number of aryl methyl sites for hydroxylation is 1. The van der Waals surface area contributed by atoms with Crippen LogP contribution in [-0.4, -0.2) is 26.8 Å². The van der Waals surface area contributed by atoms with Crippen LogP contribution in [0.15, 0.2) is 81.3 Å². The number of aromatic amines is 1. The van der Waals surface area contributed by atoms with Crippen LogP contribution < -0.4 is 10.9 Å². The molecule has 150 valence electrons. The second-order valence-electron chi connectivity index (χ2n) is 6.57. The minimum atomic E-state index is -0.294. The van der Waals surface area contributed by atoms with E-state index < -0.39 is 0 Å². The molecule has 0 fully saturated rings. The van der Waals surface area contributed by atoms with Crippen molar-refractivity contribution in [1.82, 2.24) is 15.1 Å². The Bertz CT molecular complexity index is 1220. The van der Waals surface area contributed by atoms with Crippen molar-refractivity contribution < 1.29 is 9.32 Å². The molecular weight excluding hydrogens is 400 g/mol. The highest BCUT2D eigenvalue weighted by Crippen LogP contribution is 2.28. The van der Waals surface area contributed by atoms with Gasteiger partial charge in [-0.15, -0.1) is 0 Å². The van der Waals surface area contributed by atoms with E-state index >= 15 is 0 Å². The molecule has 0 aliphatic rings. The summed E-state index contributed by atoms with van der Waals surface area (Å²) in [5, 5.41) is 6.89. The first kappa shape index (κ1) is 19.7. The zero-order valence-electron chi connectivity index (χ0n) is 16.1. The predicted molar refractivity (Wildman–Crippen MR) is 116 cm³/mol. The Morgan fingerprint density at radius 2 is 1.87 bits per heavy atom. The molecule has 0 aliphatic heterocycles. The first-order valence-electron chi connectivity index (χ1n) is 9.19. The van der Waals surface area contributed by atoms with Gasteiger partial charge in [0.05, 0.1) is 23.2 Å². The molecule has 30 heavy (non-hydrogen) atoms. The molecule has 0 saturated heterocycles. The summed E-state index contributed by atoms with van der Waals surface area (Å²) in [6.45, 7) is 2.00. The molecule has 4 aromatic rings. The topological polar surface area (TPSA) is 101 Å². The Kier molecular flexibility index (Phi) is 5.76. The van der Waals surface area contributed by atoms with Crippen LogP contribution in [0.3, 0.4) is 0 Å². The number of benzene rings is 2. The van der Waals surface area contributed by atoms with Gasteiger partial charge in [0.1, 0.15) is 0 Å². The van der Waals surface area contributed by atoms with Gasteiger partial charge in [-0.25, -0.2) is 4.98 Å². The normalized spacial score (nSPS) is 10.7. The molecule has 0 atom stereocenters. The van der Waals surface area contributed by atoms with E-state index in [1.54, 1.807) is 6.20 Å². The lowest BCUT2D eigenvalue weighted by Gasteiger charge is -2.06. The minimum Gasteiger partial charge on any atom is -0.338 e. The van der Waals surface area contributed by atoms with E-state index in [0.717, 1.165) is 28.5 Å². The number of aromatic nitrogens is 3. The van der Waals surface area contributed by atoms with Crippen molar-refractivity contribution in [2.75, 3.05) is 11.1 Å². The van der Waals surface area contributed by atoms with Gasteiger partial charge in [0.25, 0.3) is 5.56 Å². The molecule has 0 radical (unpaired) electrons. The summed E-state index contributed by atoms with van der Waals surface area (Å²) in [4.78, 5) is 31.5. The maximum atomic E-state index is 12.4. The Hall–Kier alpha value is -3.65. The molecule has 0 saturated carbocycles. The van der Waals surface area contributed by atoms with Crippen LogP contribution in [0.5, 0.6) is 0 Å². The van der Waals surface area contributed by atoms with E-state index in [9.17, 15) is 9.59 Å². The van der Waals surface area contributed by atoms with Gasteiger partial charge in [-0.3, -0.25) is 14.9 Å². The van der Waals surface area contributed by atoms with E-state index in [1.165, 1.54) is 6.07 Å². The summed E-state index contributed by atoms with van der Waals surface area (Å²) in [6, 6.07) is 18.7. The van der Waals surface area contributed by atoms with Crippen LogP contribution in [0.25, 0.3) is 22.4 Å². The van der Waals surface area contributed by atoms with Crippen LogP contribution in [-0.2, 0) is 4.79 Å². The number of hydrogen-bond acceptors (Lipinski definition) is 6. The van der Waals surface area contributed by atoms with Crippen LogP contribution in [0.2, 0.25) is 0 Å². The lowest BCUT2D eigenvalue weighted by Crippen LogP contribution is -2.15. The first-order chi connectivity index (χ1) is 14.6. The predicted octanol–water partition coefficient (Wildman–Crippen LogP) is 4.13. The Balaban J connectivity index is 1.44. The van der Waals surface area contributed by atoms with Gasteiger partial charge in [0.2, 0.25) is 11.8 Å². The van der Waals surface area contributed by atoms with Gasteiger partial charge in [0.15, 0.2) is 5.16 Å². The number of rotatable bonds is 6. The van der Waals surface area contributed by atoms with E-state index in [2.05, 4.69) is 20.4 Å². The highest BCUT2D eigenvalue weighted by molar-refractivity contribution is 7.99. The van der Waals surface area contributed by atoms with Crippen molar-refractivity contribution in [3.05, 3.63) is 82.8 Å². The fraction of sp³-hybridized carbons (Fsp3) is 0.0909. The van der Waals surface area contributed by atoms with Crippen LogP contribution >= 0.6 is 11.8 Å². The number of nitrogens with one attached hydrogen (secondary N) is 2. The summed E-state index contributed by atoms with van der Waals surface area (Å²) in [5.41, 5.74) is 3.84. The molecule has 2 N–H and O–H groups in total. The third-order valence-electron chi connectivity index (χ3n) is 4.32. The van der Waals surface area contributed by atoms with Crippen LogP contribution in [0.1, 0.15) is 5.56 Å². The molecule has 7 nitrogen and oxygen atoms in total. The number of H-pyrrole nitrogens is 1. The summed E-state index contributed by atoms with van der Waals surface area (Å²) >= 11 is 1.14. The maximum absolute atomic E-state index is 12.4. The van der Waals surface area contributed by atoms with Crippen LogP contribution in [0.4, 0.5) is 5.88 Å². The van der Waals surface area contributed by atoms with Gasteiger partial charge >= 0.3 is 0 Å². The third kappa shape index (κ3) is 4.66. The summed E-state index contributed by atoms with van der Waals surface area (Å²) < 4.78 is 5.20. The van der Waals surface area contributed by atoms with Crippen molar-refractivity contribution in [3.63, 3.8) is 0 Å². The second kappa shape index (κ2) is 8.79. The minimum absolute atomic E-state index is 0.0508. The zero-order chi connectivity index (χ0) is 20.9. The van der Waals surface area contributed by atoms with Gasteiger partial charge in [-0.2, -0.15) is 0 Å². The number of carbonyl (C=O) groups excluding carboxylic acids is 1. The molecule has 0 aliphatic carbocycles. The smallest absolute Gasteiger partial charge is 0.252 e. The SMILES string of the molecule is Cc1ccc(-c2cnoc2NC(=O)CSc2nc(-c3ccccc3)cc(=O)[nH]2)cc1. The average molecular weight is 418 g/mol. The number of anilines is 1. The lowest BCUT2D eigenvalue weighted by molar-refractivity contribution is -0.113. The Morgan fingerprint density at radius 3 is 2.63 bits per heavy atom. The van der Waals surface area contributed by atoms with Crippen molar-refractivity contribution in [1.29, 1.82) is 0 Å². The average Bonchev–Trinajstić information content (AvgIpc) is 3.21. The van der Waals surface area contributed by atoms with Gasteiger partial charge in [0, 0.05) is 11.6 Å². The standard InChI is InChI=1S/C22H18N4O3S/c1-14-7-9-15(10-8-14)17-12-23-29-21(17)25-20(28)13-30-22-24-18(11-19(27)26-22)16-5-3-2-4-6-16/h2-12H,13H2,1H3,(H,25,28)(H,24,26,27). The molecule has 0 spiro atoms. The lowest BCUT2D eigenvalue weighted by atomic mass is 10.1. The third-order valence-corrected chi connectivity index (χ3v) is 5.19. The van der Waals surface area contributed by atoms with Gasteiger partial charge in [-0.05, 0) is 12.5 Å². The molecule has 2 aromatic carbocycles. The molecular formula is C22H18N4O3S. The quantitative estimate of drug-likeness (QED) is 0.361. The van der Waals surface area contributed by atoms with E-state index in [-0.39, 0.29) is 23.1 Å². The number of hydrogen-bond donors (Lipinski definition) is 2. The number of amides is 1. The first-order valence-corrected chi connectivity index (χ1v) is 10.2.